The Labute approximate surface area is 201 Å². The van der Waals surface area contributed by atoms with Crippen molar-refractivity contribution in [3.63, 3.8) is 0 Å². The highest BCUT2D eigenvalue weighted by atomic mass is 35.5. The van der Waals surface area contributed by atoms with Crippen molar-refractivity contribution in [3.8, 4) is 5.75 Å². The number of aliphatic hydroxyl groups is 1. The Balaban J connectivity index is 0.00000131. The lowest BCUT2D eigenvalue weighted by molar-refractivity contribution is -0.109. The van der Waals surface area contributed by atoms with Crippen molar-refractivity contribution >= 4 is 41.6 Å². The zero-order valence-corrected chi connectivity index (χ0v) is 21.1. The highest BCUT2D eigenvalue weighted by Gasteiger charge is 2.15. The number of ether oxygens (including phenoxy) is 1. The maximum Gasteiger partial charge on any atom is 0.207 e. The molecule has 0 saturated carbocycles. The number of carbonyl (C=O) groups is 1. The van der Waals surface area contributed by atoms with E-state index in [-0.39, 0.29) is 11.4 Å². The van der Waals surface area contributed by atoms with Crippen molar-refractivity contribution in [2.45, 2.75) is 44.8 Å². The van der Waals surface area contributed by atoms with Gasteiger partial charge in [0, 0.05) is 23.9 Å². The van der Waals surface area contributed by atoms with Crippen LogP contribution in [0.2, 0.25) is 10.0 Å². The van der Waals surface area contributed by atoms with E-state index in [1.165, 1.54) is 11.9 Å². The van der Waals surface area contributed by atoms with Gasteiger partial charge in [0.15, 0.2) is 0 Å². The Bertz CT molecular complexity index is 643. The number of benzene rings is 1. The van der Waals surface area contributed by atoms with Crippen LogP contribution in [-0.2, 0) is 11.2 Å². The summed E-state index contributed by atoms with van der Waals surface area (Å²) in [6.45, 7) is 12.4. The molecule has 0 aliphatic rings. The van der Waals surface area contributed by atoms with E-state index in [9.17, 15) is 4.79 Å². The Morgan fingerprint density at radius 2 is 1.84 bits per heavy atom. The van der Waals surface area contributed by atoms with Crippen molar-refractivity contribution in [3.05, 3.63) is 40.4 Å². The number of hydrogen-bond acceptors (Lipinski definition) is 6. The molecule has 1 aromatic rings. The highest BCUT2D eigenvalue weighted by Crippen LogP contribution is 2.33. The van der Waals surface area contributed by atoms with Crippen LogP contribution in [0.25, 0.3) is 0 Å². The predicted molar refractivity (Wildman–Crippen MR) is 134 cm³/mol. The molecule has 1 rings (SSSR count). The molecule has 9 heteroatoms. The van der Waals surface area contributed by atoms with Crippen LogP contribution in [0, 0.1) is 5.92 Å². The average molecular weight is 495 g/mol. The fourth-order valence-electron chi connectivity index (χ4n) is 2.53. The van der Waals surface area contributed by atoms with Crippen LogP contribution in [0.4, 0.5) is 0 Å². The van der Waals surface area contributed by atoms with Crippen molar-refractivity contribution in [2.24, 2.45) is 11.1 Å². The second-order valence-electron chi connectivity index (χ2n) is 7.90. The van der Waals surface area contributed by atoms with Crippen molar-refractivity contribution in [1.29, 1.82) is 0 Å². The molecule has 0 saturated heterocycles. The molecule has 0 aromatic heterocycles. The minimum absolute atomic E-state index is 0.115. The van der Waals surface area contributed by atoms with E-state index in [1.807, 2.05) is 6.07 Å². The van der Waals surface area contributed by atoms with E-state index < -0.39 is 0 Å². The normalized spacial score (nSPS) is 11.8. The van der Waals surface area contributed by atoms with E-state index >= 15 is 0 Å². The Morgan fingerprint density at radius 1 is 1.23 bits per heavy atom. The van der Waals surface area contributed by atoms with E-state index in [1.54, 1.807) is 12.1 Å². The van der Waals surface area contributed by atoms with Crippen LogP contribution in [0.1, 0.15) is 39.2 Å². The number of carbonyl (C=O) groups excluding carboxylic acids is 1. The Kier molecular flexibility index (Phi) is 17.0. The smallest absolute Gasteiger partial charge is 0.207 e. The lowest BCUT2D eigenvalue weighted by atomic mass is 9.92. The number of rotatable bonds is 14. The first kappa shape index (κ1) is 30.0. The van der Waals surface area contributed by atoms with E-state index in [2.05, 4.69) is 38.0 Å². The molecule has 5 N–H and O–H groups in total. The molecule has 0 heterocycles. The fourth-order valence-corrected chi connectivity index (χ4v) is 2.87. The van der Waals surface area contributed by atoms with Crippen molar-refractivity contribution in [1.82, 2.24) is 10.6 Å². The number of nitrogens with one attached hydrogen (secondary N) is 2. The monoisotopic (exact) mass is 493 g/mol. The second-order valence-corrected chi connectivity index (χ2v) is 10.2. The quantitative estimate of drug-likeness (QED) is 0.134. The molecule has 0 aliphatic carbocycles. The molecule has 0 fully saturated rings. The standard InChI is InChI=1S/C18H26Cl2N2O3.C4H11NS/c1-2-9-25-18-12-17(20)16(19)11-15(18)10-14(4-6-22-13-24)3-5-21-7-8-23;1-4(2,3)6-5/h2,11-14,21,23H,1,3-10H2,(H,22,24);5H2,1-3H3. The van der Waals surface area contributed by atoms with Gasteiger partial charge in [0.2, 0.25) is 6.41 Å². The van der Waals surface area contributed by atoms with Crippen LogP contribution < -0.4 is 20.5 Å². The molecule has 0 spiro atoms. The van der Waals surface area contributed by atoms with Gasteiger partial charge in [-0.3, -0.25) is 9.93 Å². The van der Waals surface area contributed by atoms with Gasteiger partial charge in [0.25, 0.3) is 0 Å². The maximum absolute atomic E-state index is 10.5. The highest BCUT2D eigenvalue weighted by molar-refractivity contribution is 7.98. The van der Waals surface area contributed by atoms with Gasteiger partial charge in [-0.15, -0.1) is 0 Å². The largest absolute Gasteiger partial charge is 0.489 e. The molecular formula is C22H37Cl2N3O3S. The third kappa shape index (κ3) is 15.5. The lowest BCUT2D eigenvalue weighted by Gasteiger charge is -2.20. The summed E-state index contributed by atoms with van der Waals surface area (Å²) in [5.41, 5.74) is 0.981. The second kappa shape index (κ2) is 17.6. The molecule has 178 valence electrons. The molecule has 0 bridgehead atoms. The molecule has 0 aliphatic heterocycles. The minimum atomic E-state index is 0.115. The van der Waals surface area contributed by atoms with Gasteiger partial charge in [0.1, 0.15) is 12.4 Å². The number of halogens is 2. The topological polar surface area (TPSA) is 96.6 Å². The molecule has 1 atom stereocenters. The number of aliphatic hydroxyl groups excluding tert-OH is 1. The fraction of sp³-hybridized carbons (Fsp3) is 0.591. The third-order valence-corrected chi connectivity index (χ3v) is 5.55. The van der Waals surface area contributed by atoms with Gasteiger partial charge in [-0.25, -0.2) is 0 Å². The molecule has 1 unspecified atom stereocenters. The third-order valence-electron chi connectivity index (χ3n) is 4.12. The molecule has 0 radical (unpaired) electrons. The lowest BCUT2D eigenvalue weighted by Crippen LogP contribution is -2.24. The first-order valence-corrected chi connectivity index (χ1v) is 11.9. The average Bonchev–Trinajstić information content (AvgIpc) is 2.72. The Hall–Kier alpha value is -0.960. The van der Waals surface area contributed by atoms with Crippen LogP contribution in [0.3, 0.4) is 0 Å². The van der Waals surface area contributed by atoms with Crippen LogP contribution in [0.5, 0.6) is 5.75 Å². The minimum Gasteiger partial charge on any atom is -0.489 e. The van der Waals surface area contributed by atoms with E-state index in [0.29, 0.717) is 47.8 Å². The van der Waals surface area contributed by atoms with Gasteiger partial charge >= 0.3 is 0 Å². The van der Waals surface area contributed by atoms with Gasteiger partial charge in [-0.1, -0.05) is 47.8 Å². The first-order valence-electron chi connectivity index (χ1n) is 10.3. The summed E-state index contributed by atoms with van der Waals surface area (Å²) in [6, 6.07) is 3.57. The van der Waals surface area contributed by atoms with Gasteiger partial charge in [0.05, 0.1) is 16.7 Å². The summed E-state index contributed by atoms with van der Waals surface area (Å²) in [5.74, 6) is 1.02. The summed E-state index contributed by atoms with van der Waals surface area (Å²) < 4.78 is 5.95. The van der Waals surface area contributed by atoms with Crippen LogP contribution >= 0.6 is 35.1 Å². The zero-order valence-electron chi connectivity index (χ0n) is 18.8. The summed E-state index contributed by atoms with van der Waals surface area (Å²) in [5, 5.41) is 20.9. The summed E-state index contributed by atoms with van der Waals surface area (Å²) in [4.78, 5) is 10.5. The molecular weight excluding hydrogens is 457 g/mol. The first-order chi connectivity index (χ1) is 14.7. The summed E-state index contributed by atoms with van der Waals surface area (Å²) >= 11 is 13.7. The number of amides is 1. The molecule has 6 nitrogen and oxygen atoms in total. The summed E-state index contributed by atoms with van der Waals surface area (Å²) in [7, 11) is 0. The Morgan fingerprint density at radius 3 is 2.39 bits per heavy atom. The molecule has 31 heavy (non-hydrogen) atoms. The van der Waals surface area contributed by atoms with Gasteiger partial charge in [-0.2, -0.15) is 0 Å². The van der Waals surface area contributed by atoms with Gasteiger partial charge in [-0.05, 0) is 64.1 Å². The van der Waals surface area contributed by atoms with Crippen molar-refractivity contribution < 1.29 is 14.6 Å². The molecule has 1 aromatic carbocycles. The number of hydrogen-bond donors (Lipinski definition) is 4. The number of nitrogens with two attached hydrogens (primary N) is 1. The summed E-state index contributed by atoms with van der Waals surface area (Å²) in [6.07, 6.45) is 4.88. The maximum atomic E-state index is 10.5. The van der Waals surface area contributed by atoms with Crippen LogP contribution in [0.15, 0.2) is 24.8 Å². The van der Waals surface area contributed by atoms with E-state index in [0.717, 1.165) is 31.4 Å². The van der Waals surface area contributed by atoms with Gasteiger partial charge < -0.3 is 20.5 Å². The van der Waals surface area contributed by atoms with Crippen molar-refractivity contribution in [2.75, 3.05) is 32.8 Å². The SMILES string of the molecule is C=CCOc1cc(Cl)c(Cl)cc1CC(CCNC=O)CCNCCO.CC(C)(C)SN. The van der Waals surface area contributed by atoms with Crippen LogP contribution in [-0.4, -0.2) is 49.1 Å². The zero-order chi connectivity index (χ0) is 23.7. The van der Waals surface area contributed by atoms with E-state index in [4.69, 9.17) is 38.2 Å². The predicted octanol–water partition coefficient (Wildman–Crippen LogP) is 4.22. The molecule has 1 amide bonds.